The molecule has 8 heteroatoms. The summed E-state index contributed by atoms with van der Waals surface area (Å²) in [6.45, 7) is 0.377. The zero-order valence-corrected chi connectivity index (χ0v) is 14.9. The average molecular weight is 375 g/mol. The van der Waals surface area contributed by atoms with E-state index in [4.69, 9.17) is 37.3 Å². The standard InChI is InChI=1S/C18H19ClN4O3/c1-24-10-26-15(11-5-7-12(19)8-6-11)9-25-14-4-2-3-13-16(14)17(20)23-18(21)22-13/h2-8,15H,9-10H2,1H3,(H4,20,21,22,23). The van der Waals surface area contributed by atoms with Crippen molar-refractivity contribution < 1.29 is 14.2 Å². The van der Waals surface area contributed by atoms with Gasteiger partial charge in [0.2, 0.25) is 5.95 Å². The van der Waals surface area contributed by atoms with Crippen LogP contribution in [0.25, 0.3) is 10.9 Å². The van der Waals surface area contributed by atoms with E-state index in [1.165, 1.54) is 0 Å². The third-order valence-electron chi connectivity index (χ3n) is 3.75. The summed E-state index contributed by atoms with van der Waals surface area (Å²) in [4.78, 5) is 8.19. The lowest BCUT2D eigenvalue weighted by Gasteiger charge is -2.19. The molecule has 0 radical (unpaired) electrons. The lowest BCUT2D eigenvalue weighted by atomic mass is 10.1. The highest BCUT2D eigenvalue weighted by atomic mass is 35.5. The normalized spacial score (nSPS) is 12.2. The molecule has 1 atom stereocenters. The molecule has 3 rings (SSSR count). The van der Waals surface area contributed by atoms with Crippen LogP contribution in [0.1, 0.15) is 11.7 Å². The molecule has 0 aliphatic rings. The second kappa shape index (κ2) is 8.18. The number of benzene rings is 2. The maximum absolute atomic E-state index is 6.00. The SMILES string of the molecule is COCOC(COc1cccc2nc(N)nc(N)c12)c1ccc(Cl)cc1. The van der Waals surface area contributed by atoms with E-state index in [9.17, 15) is 0 Å². The highest BCUT2D eigenvalue weighted by Crippen LogP contribution is 2.30. The summed E-state index contributed by atoms with van der Waals surface area (Å²) in [7, 11) is 1.56. The van der Waals surface area contributed by atoms with E-state index in [2.05, 4.69) is 9.97 Å². The molecule has 3 aromatic rings. The molecule has 4 N–H and O–H groups in total. The van der Waals surface area contributed by atoms with Crippen LogP contribution in [-0.2, 0) is 9.47 Å². The molecule has 0 bridgehead atoms. The minimum absolute atomic E-state index is 0.120. The van der Waals surface area contributed by atoms with Gasteiger partial charge in [0, 0.05) is 12.1 Å². The quantitative estimate of drug-likeness (QED) is 0.611. The Morgan fingerprint density at radius 2 is 1.85 bits per heavy atom. The molecule has 1 unspecified atom stereocenters. The van der Waals surface area contributed by atoms with Crippen molar-refractivity contribution in [1.82, 2.24) is 9.97 Å². The minimum Gasteiger partial charge on any atom is -0.490 e. The summed E-state index contributed by atoms with van der Waals surface area (Å²) in [5.41, 5.74) is 13.2. The number of nitrogens with two attached hydrogens (primary N) is 2. The fourth-order valence-corrected chi connectivity index (χ4v) is 2.68. The molecule has 0 saturated heterocycles. The maximum Gasteiger partial charge on any atom is 0.222 e. The summed E-state index contributed by atoms with van der Waals surface area (Å²) >= 11 is 5.95. The van der Waals surface area contributed by atoms with Gasteiger partial charge in [0.05, 0.1) is 10.9 Å². The highest BCUT2D eigenvalue weighted by molar-refractivity contribution is 6.30. The van der Waals surface area contributed by atoms with Crippen molar-refractivity contribution in [2.24, 2.45) is 0 Å². The fourth-order valence-electron chi connectivity index (χ4n) is 2.55. The zero-order chi connectivity index (χ0) is 18.5. The number of ether oxygens (including phenoxy) is 3. The van der Waals surface area contributed by atoms with Crippen LogP contribution in [0.3, 0.4) is 0 Å². The second-order valence-electron chi connectivity index (χ2n) is 5.54. The number of aromatic nitrogens is 2. The first-order valence-corrected chi connectivity index (χ1v) is 8.27. The molecule has 2 aromatic carbocycles. The number of anilines is 2. The number of nitrogen functional groups attached to an aromatic ring is 2. The van der Waals surface area contributed by atoms with Gasteiger partial charge in [0.25, 0.3) is 0 Å². The number of fused-ring (bicyclic) bond motifs is 1. The molecule has 0 aliphatic carbocycles. The molecule has 0 fully saturated rings. The molecule has 26 heavy (non-hydrogen) atoms. The summed E-state index contributed by atoms with van der Waals surface area (Å²) in [5, 5.41) is 1.26. The Labute approximate surface area is 155 Å². The van der Waals surface area contributed by atoms with E-state index < -0.39 is 0 Å². The van der Waals surface area contributed by atoms with Crippen LogP contribution in [0.4, 0.5) is 11.8 Å². The number of methoxy groups -OCH3 is 1. The summed E-state index contributed by atoms with van der Waals surface area (Å²) in [6.07, 6.45) is -0.349. The van der Waals surface area contributed by atoms with Gasteiger partial charge in [-0.2, -0.15) is 4.98 Å². The number of halogens is 1. The number of hydrogen-bond acceptors (Lipinski definition) is 7. The van der Waals surface area contributed by atoms with Gasteiger partial charge in [0.1, 0.15) is 31.1 Å². The van der Waals surface area contributed by atoms with Gasteiger partial charge in [-0.05, 0) is 29.8 Å². The number of hydrogen-bond donors (Lipinski definition) is 2. The van der Waals surface area contributed by atoms with Crippen molar-refractivity contribution in [3.8, 4) is 5.75 Å². The molecule has 136 valence electrons. The molecule has 0 spiro atoms. The largest absolute Gasteiger partial charge is 0.490 e. The van der Waals surface area contributed by atoms with Crippen LogP contribution < -0.4 is 16.2 Å². The zero-order valence-electron chi connectivity index (χ0n) is 14.2. The van der Waals surface area contributed by atoms with Crippen LogP contribution in [0.2, 0.25) is 5.02 Å². The van der Waals surface area contributed by atoms with Gasteiger partial charge in [-0.1, -0.05) is 29.8 Å². The minimum atomic E-state index is -0.349. The van der Waals surface area contributed by atoms with E-state index in [0.717, 1.165) is 5.56 Å². The van der Waals surface area contributed by atoms with Crippen LogP contribution in [-0.4, -0.2) is 30.5 Å². The van der Waals surface area contributed by atoms with E-state index in [1.807, 2.05) is 18.2 Å². The molecular formula is C18H19ClN4O3. The van der Waals surface area contributed by atoms with Crippen molar-refractivity contribution in [3.63, 3.8) is 0 Å². The van der Waals surface area contributed by atoms with Crippen molar-refractivity contribution in [2.75, 3.05) is 32.0 Å². The van der Waals surface area contributed by atoms with Gasteiger partial charge in [-0.15, -0.1) is 0 Å². The number of rotatable bonds is 7. The van der Waals surface area contributed by atoms with Gasteiger partial charge < -0.3 is 25.7 Å². The highest BCUT2D eigenvalue weighted by Gasteiger charge is 2.16. The van der Waals surface area contributed by atoms with Gasteiger partial charge in [0.15, 0.2) is 0 Å². The Hall–Kier alpha value is -2.61. The van der Waals surface area contributed by atoms with E-state index in [-0.39, 0.29) is 31.3 Å². The second-order valence-corrected chi connectivity index (χ2v) is 5.98. The predicted molar refractivity (Wildman–Crippen MR) is 101 cm³/mol. The van der Waals surface area contributed by atoms with E-state index >= 15 is 0 Å². The summed E-state index contributed by atoms with van der Waals surface area (Å²) in [5.74, 6) is 0.943. The fraction of sp³-hybridized carbons (Fsp3) is 0.222. The molecule has 0 saturated carbocycles. The van der Waals surface area contributed by atoms with Crippen LogP contribution >= 0.6 is 11.6 Å². The predicted octanol–water partition coefficient (Wildman–Crippen LogP) is 3.19. The van der Waals surface area contributed by atoms with Crippen LogP contribution in [0.5, 0.6) is 5.75 Å². The monoisotopic (exact) mass is 374 g/mol. The molecule has 7 nitrogen and oxygen atoms in total. The Bertz CT molecular complexity index is 889. The van der Waals surface area contributed by atoms with Crippen LogP contribution in [0, 0.1) is 0 Å². The Kier molecular flexibility index (Phi) is 5.72. The summed E-state index contributed by atoms with van der Waals surface area (Å²) in [6, 6.07) is 12.8. The van der Waals surface area contributed by atoms with Crippen molar-refractivity contribution in [1.29, 1.82) is 0 Å². The molecular weight excluding hydrogens is 356 g/mol. The van der Waals surface area contributed by atoms with E-state index in [1.54, 1.807) is 31.4 Å². The third kappa shape index (κ3) is 4.13. The summed E-state index contributed by atoms with van der Waals surface area (Å²) < 4.78 is 16.7. The number of nitrogens with zero attached hydrogens (tertiary/aromatic N) is 2. The first-order chi connectivity index (χ1) is 12.6. The van der Waals surface area contributed by atoms with Crippen molar-refractivity contribution in [2.45, 2.75) is 6.10 Å². The van der Waals surface area contributed by atoms with Gasteiger partial charge in [-0.25, -0.2) is 4.98 Å². The smallest absolute Gasteiger partial charge is 0.222 e. The van der Waals surface area contributed by atoms with Crippen molar-refractivity contribution >= 4 is 34.3 Å². The molecule has 1 heterocycles. The lowest BCUT2D eigenvalue weighted by Crippen LogP contribution is -2.15. The first kappa shape index (κ1) is 18.2. The van der Waals surface area contributed by atoms with Crippen LogP contribution in [0.15, 0.2) is 42.5 Å². The topological polar surface area (TPSA) is 106 Å². The average Bonchev–Trinajstić information content (AvgIpc) is 2.62. The lowest BCUT2D eigenvalue weighted by molar-refractivity contribution is -0.0855. The Morgan fingerprint density at radius 1 is 1.08 bits per heavy atom. The van der Waals surface area contributed by atoms with Gasteiger partial charge in [-0.3, -0.25) is 0 Å². The molecule has 0 amide bonds. The van der Waals surface area contributed by atoms with Gasteiger partial charge >= 0.3 is 0 Å². The van der Waals surface area contributed by atoms with E-state index in [0.29, 0.717) is 21.7 Å². The Balaban J connectivity index is 1.85. The molecule has 0 aliphatic heterocycles. The third-order valence-corrected chi connectivity index (χ3v) is 4.00. The first-order valence-electron chi connectivity index (χ1n) is 7.89. The van der Waals surface area contributed by atoms with Crippen molar-refractivity contribution in [3.05, 3.63) is 53.1 Å². The maximum atomic E-state index is 6.00. The Morgan fingerprint density at radius 3 is 2.58 bits per heavy atom. The molecule has 1 aromatic heterocycles.